The van der Waals surface area contributed by atoms with Crippen LogP contribution in [-0.2, 0) is 6.61 Å². The standard InChI is InChI=1S/C34H31N3O4/c1-2-40-33-20-24(12-19-32(33)41-22-23-10-17-27(18-11-23)37(38)39)21-35-26-15-13-25(14-16-26)34-30-8-5-7-28(30)29-6-3-4-9-31(29)36-34/h3-7,9-21,28,30,34,36H,2,8,22H2,1H3/t28-,30+,34-/m0/s1. The van der Waals surface area contributed by atoms with Crippen LogP contribution in [0.2, 0.25) is 0 Å². The van der Waals surface area contributed by atoms with Crippen LogP contribution >= 0.6 is 0 Å². The van der Waals surface area contributed by atoms with Gasteiger partial charge in [0.25, 0.3) is 5.69 Å². The number of nitro benzene ring substituents is 1. The SMILES string of the molecule is CCOc1cc(C=Nc2ccc([C@@H]3Nc4ccccc4[C@@H]4C=CC[C@H]43)cc2)ccc1OCc1ccc([N+](=O)[O-])cc1. The van der Waals surface area contributed by atoms with Gasteiger partial charge in [0.05, 0.1) is 23.3 Å². The number of rotatable bonds is 9. The first-order chi connectivity index (χ1) is 20.1. The van der Waals surface area contributed by atoms with Crippen LogP contribution < -0.4 is 14.8 Å². The Kier molecular flexibility index (Phi) is 7.50. The van der Waals surface area contributed by atoms with Gasteiger partial charge < -0.3 is 14.8 Å². The average molecular weight is 546 g/mol. The predicted octanol–water partition coefficient (Wildman–Crippen LogP) is 8.15. The lowest BCUT2D eigenvalue weighted by Gasteiger charge is -2.37. The molecule has 3 atom stereocenters. The number of hydrogen-bond acceptors (Lipinski definition) is 6. The van der Waals surface area contributed by atoms with Crippen molar-refractivity contribution in [3.8, 4) is 11.5 Å². The molecule has 7 nitrogen and oxygen atoms in total. The fourth-order valence-corrected chi connectivity index (χ4v) is 5.66. The first-order valence-electron chi connectivity index (χ1n) is 13.9. The Labute approximate surface area is 239 Å². The highest BCUT2D eigenvalue weighted by Crippen LogP contribution is 2.49. The van der Waals surface area contributed by atoms with Gasteiger partial charge in [-0.05, 0) is 90.0 Å². The van der Waals surface area contributed by atoms with Gasteiger partial charge in [-0.1, -0.05) is 42.5 Å². The van der Waals surface area contributed by atoms with Crippen LogP contribution in [0.15, 0.2) is 108 Å². The molecule has 7 heteroatoms. The van der Waals surface area contributed by atoms with Crippen LogP contribution in [-0.4, -0.2) is 17.7 Å². The molecule has 0 saturated heterocycles. The number of nitrogens with one attached hydrogen (secondary N) is 1. The third-order valence-electron chi connectivity index (χ3n) is 7.70. The van der Waals surface area contributed by atoms with E-state index in [0.29, 0.717) is 29.9 Å². The smallest absolute Gasteiger partial charge is 0.269 e. The van der Waals surface area contributed by atoms with Crippen molar-refractivity contribution in [1.82, 2.24) is 0 Å². The topological polar surface area (TPSA) is 86.0 Å². The van der Waals surface area contributed by atoms with E-state index in [0.717, 1.165) is 23.2 Å². The van der Waals surface area contributed by atoms with Crippen molar-refractivity contribution < 1.29 is 14.4 Å². The maximum Gasteiger partial charge on any atom is 0.269 e. The summed E-state index contributed by atoms with van der Waals surface area (Å²) in [4.78, 5) is 15.2. The zero-order valence-electron chi connectivity index (χ0n) is 22.8. The second-order valence-corrected chi connectivity index (χ2v) is 10.3. The van der Waals surface area contributed by atoms with E-state index in [-0.39, 0.29) is 18.3 Å². The molecule has 1 heterocycles. The molecule has 1 aliphatic carbocycles. The highest BCUT2D eigenvalue weighted by Gasteiger charge is 2.37. The molecule has 0 radical (unpaired) electrons. The van der Waals surface area contributed by atoms with Crippen LogP contribution in [0.3, 0.4) is 0 Å². The van der Waals surface area contributed by atoms with E-state index in [2.05, 4.69) is 66.0 Å². The molecule has 41 heavy (non-hydrogen) atoms. The number of aliphatic imine (C=N–C) groups is 1. The minimum Gasteiger partial charge on any atom is -0.490 e. The maximum absolute atomic E-state index is 10.9. The first-order valence-corrected chi connectivity index (χ1v) is 13.9. The van der Waals surface area contributed by atoms with Crippen molar-refractivity contribution in [1.29, 1.82) is 0 Å². The number of nitrogens with zero attached hydrogens (tertiary/aromatic N) is 2. The van der Waals surface area contributed by atoms with Gasteiger partial charge in [0.2, 0.25) is 0 Å². The number of allylic oxidation sites excluding steroid dienone is 2. The van der Waals surface area contributed by atoms with E-state index in [4.69, 9.17) is 14.5 Å². The molecule has 0 aromatic heterocycles. The number of anilines is 1. The molecular formula is C34H31N3O4. The zero-order valence-corrected chi connectivity index (χ0v) is 22.8. The van der Waals surface area contributed by atoms with Crippen LogP contribution in [0, 0.1) is 16.0 Å². The number of hydrogen-bond donors (Lipinski definition) is 1. The molecule has 1 N–H and O–H groups in total. The van der Waals surface area contributed by atoms with Gasteiger partial charge in [-0.2, -0.15) is 0 Å². The second-order valence-electron chi connectivity index (χ2n) is 10.3. The van der Waals surface area contributed by atoms with Gasteiger partial charge in [0.1, 0.15) is 6.61 Å². The molecule has 0 unspecified atom stereocenters. The average Bonchev–Trinajstić information content (AvgIpc) is 3.50. The van der Waals surface area contributed by atoms with E-state index in [9.17, 15) is 10.1 Å². The summed E-state index contributed by atoms with van der Waals surface area (Å²) < 4.78 is 11.8. The number of ether oxygens (including phenoxy) is 2. The van der Waals surface area contributed by atoms with Crippen molar-refractivity contribution in [3.63, 3.8) is 0 Å². The Balaban J connectivity index is 1.13. The van der Waals surface area contributed by atoms with Crippen molar-refractivity contribution in [2.24, 2.45) is 10.9 Å². The van der Waals surface area contributed by atoms with E-state index >= 15 is 0 Å². The van der Waals surface area contributed by atoms with Gasteiger partial charge in [-0.15, -0.1) is 0 Å². The molecule has 0 bridgehead atoms. The lowest BCUT2D eigenvalue weighted by atomic mass is 9.77. The normalized spacial score (nSPS) is 18.9. The Morgan fingerprint density at radius 3 is 2.56 bits per heavy atom. The summed E-state index contributed by atoms with van der Waals surface area (Å²) in [6.45, 7) is 2.69. The minimum absolute atomic E-state index is 0.0539. The van der Waals surface area contributed by atoms with Gasteiger partial charge in [0, 0.05) is 30.0 Å². The summed E-state index contributed by atoms with van der Waals surface area (Å²) in [5.41, 5.74) is 6.53. The summed E-state index contributed by atoms with van der Waals surface area (Å²) in [5.74, 6) is 2.19. The van der Waals surface area contributed by atoms with E-state index in [1.807, 2.05) is 31.3 Å². The number of fused-ring (bicyclic) bond motifs is 3. The van der Waals surface area contributed by atoms with Crippen LogP contribution in [0.5, 0.6) is 11.5 Å². The summed E-state index contributed by atoms with van der Waals surface area (Å²) in [6, 6.07) is 29.4. The van der Waals surface area contributed by atoms with E-state index in [1.54, 1.807) is 12.1 Å². The van der Waals surface area contributed by atoms with Crippen molar-refractivity contribution in [2.75, 3.05) is 11.9 Å². The first kappa shape index (κ1) is 26.3. The Morgan fingerprint density at radius 1 is 0.976 bits per heavy atom. The Hall–Kier alpha value is -4.91. The van der Waals surface area contributed by atoms with Crippen LogP contribution in [0.25, 0.3) is 0 Å². The highest BCUT2D eigenvalue weighted by molar-refractivity contribution is 5.83. The predicted molar refractivity (Wildman–Crippen MR) is 162 cm³/mol. The van der Waals surface area contributed by atoms with Crippen molar-refractivity contribution >= 4 is 23.3 Å². The lowest BCUT2D eigenvalue weighted by molar-refractivity contribution is -0.384. The molecule has 2 aliphatic rings. The highest BCUT2D eigenvalue weighted by atomic mass is 16.6. The molecular weight excluding hydrogens is 514 g/mol. The largest absolute Gasteiger partial charge is 0.490 e. The third-order valence-corrected chi connectivity index (χ3v) is 7.70. The van der Waals surface area contributed by atoms with Gasteiger partial charge in [0.15, 0.2) is 11.5 Å². The number of benzene rings is 4. The maximum atomic E-state index is 10.9. The molecule has 206 valence electrons. The summed E-state index contributed by atoms with van der Waals surface area (Å²) in [5, 5.41) is 14.7. The Morgan fingerprint density at radius 2 is 1.78 bits per heavy atom. The van der Waals surface area contributed by atoms with Gasteiger partial charge in [-0.3, -0.25) is 15.1 Å². The number of non-ortho nitro benzene ring substituents is 1. The molecule has 6 rings (SSSR count). The van der Waals surface area contributed by atoms with Crippen molar-refractivity contribution in [3.05, 3.63) is 136 Å². The molecule has 4 aromatic carbocycles. The quantitative estimate of drug-likeness (QED) is 0.0993. The zero-order chi connectivity index (χ0) is 28.2. The fourth-order valence-electron chi connectivity index (χ4n) is 5.66. The Bertz CT molecular complexity index is 1600. The van der Waals surface area contributed by atoms with Crippen molar-refractivity contribution in [2.45, 2.75) is 31.9 Å². The molecule has 4 aromatic rings. The van der Waals surface area contributed by atoms with Gasteiger partial charge >= 0.3 is 0 Å². The van der Waals surface area contributed by atoms with E-state index < -0.39 is 4.92 Å². The molecule has 0 spiro atoms. The van der Waals surface area contributed by atoms with E-state index in [1.165, 1.54) is 28.9 Å². The summed E-state index contributed by atoms with van der Waals surface area (Å²) in [6.07, 6.45) is 7.57. The summed E-state index contributed by atoms with van der Waals surface area (Å²) in [7, 11) is 0. The number of para-hydroxylation sites is 1. The third kappa shape index (κ3) is 5.70. The summed E-state index contributed by atoms with van der Waals surface area (Å²) >= 11 is 0. The molecule has 0 saturated carbocycles. The molecule has 0 fully saturated rings. The monoisotopic (exact) mass is 545 g/mol. The molecule has 0 amide bonds. The van der Waals surface area contributed by atoms with Crippen LogP contribution in [0.4, 0.5) is 17.1 Å². The van der Waals surface area contributed by atoms with Gasteiger partial charge in [-0.25, -0.2) is 0 Å². The lowest BCUT2D eigenvalue weighted by Crippen LogP contribution is -2.28. The minimum atomic E-state index is -0.415. The van der Waals surface area contributed by atoms with Crippen LogP contribution in [0.1, 0.15) is 47.6 Å². The molecule has 1 aliphatic heterocycles. The number of nitro groups is 1. The fraction of sp³-hybridized carbons (Fsp3) is 0.206. The second kappa shape index (κ2) is 11.7.